The highest BCUT2D eigenvalue weighted by molar-refractivity contribution is 5.73. The molecule has 0 aliphatic carbocycles. The highest BCUT2D eigenvalue weighted by Crippen LogP contribution is 2.45. The van der Waals surface area contributed by atoms with E-state index < -0.39 is 24.3 Å². The van der Waals surface area contributed by atoms with E-state index in [2.05, 4.69) is 32.0 Å². The van der Waals surface area contributed by atoms with E-state index >= 15 is 0 Å². The molecule has 4 heterocycles. The van der Waals surface area contributed by atoms with Gasteiger partial charge in [0.15, 0.2) is 0 Å². The van der Waals surface area contributed by atoms with Gasteiger partial charge in [0.1, 0.15) is 0 Å². The summed E-state index contributed by atoms with van der Waals surface area (Å²) in [6.07, 6.45) is 0.215. The van der Waals surface area contributed by atoms with Crippen molar-refractivity contribution < 1.29 is 55.6 Å². The van der Waals surface area contributed by atoms with Gasteiger partial charge in [0.2, 0.25) is 5.88 Å². The molecule has 2 aliphatic rings. The molecule has 2 saturated heterocycles. The highest BCUT2D eigenvalue weighted by Gasteiger charge is 2.44. The quantitative estimate of drug-likeness (QED) is 0.501. The molecule has 0 saturated carbocycles. The van der Waals surface area contributed by atoms with Crippen LogP contribution in [0.15, 0.2) is 43.0 Å². The van der Waals surface area contributed by atoms with Crippen LogP contribution >= 0.6 is 0 Å². The van der Waals surface area contributed by atoms with Gasteiger partial charge in [-0.25, -0.2) is 14.6 Å². The Morgan fingerprint density at radius 2 is 1.60 bits per heavy atom. The Balaban J connectivity index is 0.000000333. The summed E-state index contributed by atoms with van der Waals surface area (Å²) in [4.78, 5) is 33.1. The first-order valence-corrected chi connectivity index (χ1v) is 11.9. The Kier molecular flexibility index (Phi) is 12.0. The van der Waals surface area contributed by atoms with E-state index in [1.807, 2.05) is 12.3 Å². The summed E-state index contributed by atoms with van der Waals surface area (Å²) < 4.78 is 75.2. The summed E-state index contributed by atoms with van der Waals surface area (Å²) in [6, 6.07) is 6.14. The smallest absolute Gasteiger partial charge is 0.476 e. The van der Waals surface area contributed by atoms with E-state index in [9.17, 15) is 26.3 Å². The van der Waals surface area contributed by atoms with E-state index in [-0.39, 0.29) is 0 Å². The first-order valence-electron chi connectivity index (χ1n) is 11.9. The average molecular weight is 582 g/mol. The second-order valence-electron chi connectivity index (χ2n) is 8.94. The summed E-state index contributed by atoms with van der Waals surface area (Å²) in [7, 11) is 0. The van der Waals surface area contributed by atoms with Gasteiger partial charge in [0.05, 0.1) is 25.1 Å². The predicted molar refractivity (Wildman–Crippen MR) is 125 cm³/mol. The van der Waals surface area contributed by atoms with Crippen molar-refractivity contribution in [3.63, 3.8) is 0 Å². The summed E-state index contributed by atoms with van der Waals surface area (Å²) in [5.41, 5.74) is 1.47. The number of ether oxygens (including phenoxy) is 2. The summed E-state index contributed by atoms with van der Waals surface area (Å²) in [5.74, 6) is -4.50. The summed E-state index contributed by atoms with van der Waals surface area (Å²) in [5, 5.41) is 14.2. The molecule has 0 aromatic carbocycles. The molecule has 1 spiro atoms. The number of nitrogens with zero attached hydrogens (tertiary/aromatic N) is 4. The molecule has 0 radical (unpaired) electrons. The Bertz CT molecular complexity index is 1030. The number of hydrogen-bond donors (Lipinski definition) is 2. The Labute approximate surface area is 225 Å². The van der Waals surface area contributed by atoms with Gasteiger partial charge in [-0.15, -0.1) is 0 Å². The maximum absolute atomic E-state index is 10.6. The van der Waals surface area contributed by atoms with Gasteiger partial charge in [0.25, 0.3) is 0 Å². The summed E-state index contributed by atoms with van der Waals surface area (Å²) in [6.45, 7) is 5.45. The number of aliphatic carboxylic acids is 2. The number of likely N-dealkylation sites (tertiary alicyclic amines) is 1. The number of alkyl halides is 6. The fraction of sp³-hybridized carbons (Fsp3) is 0.542. The molecule has 2 fully saturated rings. The van der Waals surface area contributed by atoms with Crippen molar-refractivity contribution in [3.8, 4) is 5.88 Å². The molecule has 40 heavy (non-hydrogen) atoms. The van der Waals surface area contributed by atoms with E-state index in [0.29, 0.717) is 23.8 Å². The molecule has 2 N–H and O–H groups in total. The van der Waals surface area contributed by atoms with Crippen molar-refractivity contribution in [2.75, 3.05) is 32.9 Å². The zero-order valence-corrected chi connectivity index (χ0v) is 21.1. The number of piperidine rings is 1. The molecule has 10 nitrogen and oxygen atoms in total. The van der Waals surface area contributed by atoms with Gasteiger partial charge < -0.3 is 19.7 Å². The maximum Gasteiger partial charge on any atom is 0.490 e. The van der Waals surface area contributed by atoms with Crippen molar-refractivity contribution >= 4 is 11.9 Å². The van der Waals surface area contributed by atoms with Gasteiger partial charge in [0, 0.05) is 37.7 Å². The van der Waals surface area contributed by atoms with Crippen molar-refractivity contribution in [2.45, 2.75) is 38.2 Å². The van der Waals surface area contributed by atoms with E-state index in [0.717, 1.165) is 45.0 Å². The zero-order valence-electron chi connectivity index (χ0n) is 21.1. The van der Waals surface area contributed by atoms with Crippen molar-refractivity contribution in [3.05, 3.63) is 48.7 Å². The highest BCUT2D eigenvalue weighted by atomic mass is 19.4. The van der Waals surface area contributed by atoms with Crippen LogP contribution in [0.4, 0.5) is 26.3 Å². The monoisotopic (exact) mass is 582 g/mol. The van der Waals surface area contributed by atoms with E-state index in [1.54, 1.807) is 18.6 Å². The minimum absolute atomic E-state index is 0.321. The SMILES string of the molecule is O=C(O)C(F)(F)F.O=C(O)C(F)(F)F.c1ccc(CN2CCC3(CCOCC3COc3cnccn3)CC2)nc1. The Morgan fingerprint density at radius 1 is 0.975 bits per heavy atom. The lowest BCUT2D eigenvalue weighted by Gasteiger charge is -2.48. The first-order chi connectivity index (χ1) is 18.7. The van der Waals surface area contributed by atoms with Crippen LogP contribution in [0.2, 0.25) is 0 Å². The third kappa shape index (κ3) is 10.9. The van der Waals surface area contributed by atoms with Crippen LogP contribution in [0.25, 0.3) is 0 Å². The second kappa shape index (κ2) is 14.7. The second-order valence-corrected chi connectivity index (χ2v) is 8.94. The van der Waals surface area contributed by atoms with E-state index in [1.165, 1.54) is 12.8 Å². The van der Waals surface area contributed by atoms with Crippen molar-refractivity contribution in [1.29, 1.82) is 0 Å². The van der Waals surface area contributed by atoms with Crippen LogP contribution in [-0.2, 0) is 20.9 Å². The number of aromatic nitrogens is 3. The van der Waals surface area contributed by atoms with Gasteiger partial charge in [-0.05, 0) is 49.9 Å². The van der Waals surface area contributed by atoms with Crippen molar-refractivity contribution in [1.82, 2.24) is 19.9 Å². The first kappa shape index (κ1) is 32.7. The number of halogens is 6. The minimum atomic E-state index is -5.08. The Morgan fingerprint density at radius 3 is 2.10 bits per heavy atom. The lowest BCUT2D eigenvalue weighted by molar-refractivity contribution is -0.193. The topological polar surface area (TPSA) is 135 Å². The van der Waals surface area contributed by atoms with Crippen LogP contribution in [0.1, 0.15) is 25.0 Å². The normalized spacial score (nSPS) is 18.9. The average Bonchev–Trinajstić information content (AvgIpc) is 2.90. The lowest BCUT2D eigenvalue weighted by atomic mass is 9.66. The number of carboxylic acid groups (broad SMARTS) is 2. The fourth-order valence-corrected chi connectivity index (χ4v) is 4.19. The summed E-state index contributed by atoms with van der Waals surface area (Å²) >= 11 is 0. The van der Waals surface area contributed by atoms with Gasteiger partial charge in [-0.2, -0.15) is 26.3 Å². The molecule has 222 valence electrons. The third-order valence-corrected chi connectivity index (χ3v) is 6.35. The zero-order chi connectivity index (χ0) is 29.8. The number of rotatable bonds is 5. The van der Waals surface area contributed by atoms with Crippen LogP contribution in [-0.4, -0.2) is 87.3 Å². The number of hydrogen-bond acceptors (Lipinski definition) is 8. The molecular formula is C24H28F6N4O6. The minimum Gasteiger partial charge on any atom is -0.476 e. The molecule has 1 unspecified atom stereocenters. The Hall–Kier alpha value is -3.53. The molecule has 0 bridgehead atoms. The van der Waals surface area contributed by atoms with Gasteiger partial charge >= 0.3 is 24.3 Å². The molecule has 4 rings (SSSR count). The standard InChI is InChI=1S/C20H26N4O2.2C2HF3O2/c1-2-7-22-18(3-1)14-24-10-4-20(5-11-24)6-12-25-15-17(20)16-26-19-13-21-8-9-23-19;2*3-2(4,5)1(6)7/h1-3,7-9,13,17H,4-6,10-12,14-16H2;2*(H,6,7). The van der Waals surface area contributed by atoms with E-state index in [4.69, 9.17) is 29.3 Å². The van der Waals surface area contributed by atoms with Crippen molar-refractivity contribution in [2.24, 2.45) is 11.3 Å². The van der Waals surface area contributed by atoms with Gasteiger partial charge in [-0.3, -0.25) is 14.9 Å². The molecular weight excluding hydrogens is 554 g/mol. The fourth-order valence-electron chi connectivity index (χ4n) is 4.19. The molecule has 2 aromatic heterocycles. The predicted octanol–water partition coefficient (Wildman–Crippen LogP) is 3.84. The van der Waals surface area contributed by atoms with Crippen LogP contribution in [0.5, 0.6) is 5.88 Å². The molecule has 2 aromatic rings. The number of carboxylic acids is 2. The van der Waals surface area contributed by atoms with Crippen LogP contribution in [0, 0.1) is 11.3 Å². The molecule has 1 atom stereocenters. The van der Waals surface area contributed by atoms with Crippen LogP contribution < -0.4 is 4.74 Å². The third-order valence-electron chi connectivity index (χ3n) is 6.35. The van der Waals surface area contributed by atoms with Crippen LogP contribution in [0.3, 0.4) is 0 Å². The maximum atomic E-state index is 10.6. The molecule has 0 amide bonds. The molecule has 2 aliphatic heterocycles. The lowest BCUT2D eigenvalue weighted by Crippen LogP contribution is -2.49. The molecule has 16 heteroatoms. The van der Waals surface area contributed by atoms with Gasteiger partial charge in [-0.1, -0.05) is 6.07 Å². The number of carbonyl (C=O) groups is 2. The number of pyridine rings is 1. The largest absolute Gasteiger partial charge is 0.490 e.